The average molecular weight is 270 g/mol. The maximum atomic E-state index is 13.0. The van der Waals surface area contributed by atoms with E-state index in [4.69, 9.17) is 5.73 Å². The van der Waals surface area contributed by atoms with Gasteiger partial charge in [-0.15, -0.1) is 0 Å². The summed E-state index contributed by atoms with van der Waals surface area (Å²) in [6.45, 7) is 0.634. The predicted octanol–water partition coefficient (Wildman–Crippen LogP) is 1.04. The van der Waals surface area contributed by atoms with Gasteiger partial charge in [-0.25, -0.2) is 4.39 Å². The fourth-order valence-corrected chi connectivity index (χ4v) is 2.60. The van der Waals surface area contributed by atoms with Crippen LogP contribution in [0.5, 0.6) is 0 Å². The summed E-state index contributed by atoms with van der Waals surface area (Å²) in [6.07, 6.45) is 2.28. The van der Waals surface area contributed by atoms with Gasteiger partial charge >= 0.3 is 0 Å². The highest BCUT2D eigenvalue weighted by Crippen LogP contribution is 2.27. The number of nitrogens with one attached hydrogen (secondary N) is 1. The molecule has 0 heterocycles. The minimum atomic E-state index is -1.61. The Bertz CT molecular complexity index is 489. The summed E-state index contributed by atoms with van der Waals surface area (Å²) in [5.41, 5.74) is 5.85. The lowest BCUT2D eigenvalue weighted by atomic mass is 10.3. The number of carbonyl (C=O) groups is 1. The maximum absolute atomic E-state index is 13.0. The van der Waals surface area contributed by atoms with Crippen molar-refractivity contribution in [1.82, 2.24) is 5.32 Å². The number of hydrogen-bond acceptors (Lipinski definition) is 3. The lowest BCUT2D eigenvalue weighted by Crippen LogP contribution is -2.30. The molecule has 1 aliphatic rings. The van der Waals surface area contributed by atoms with Crippen LogP contribution in [0.3, 0.4) is 0 Å². The normalized spacial score (nSPS) is 16.3. The Balaban J connectivity index is 1.93. The molecular formula is C12H15FN2O2S. The third kappa shape index (κ3) is 3.53. The Hall–Kier alpha value is -1.43. The zero-order valence-corrected chi connectivity index (χ0v) is 10.6. The second-order valence-electron chi connectivity index (χ2n) is 4.42. The van der Waals surface area contributed by atoms with E-state index < -0.39 is 16.6 Å². The van der Waals surface area contributed by atoms with Gasteiger partial charge in [0.2, 0.25) is 5.91 Å². The van der Waals surface area contributed by atoms with Gasteiger partial charge in [0, 0.05) is 12.2 Å². The maximum Gasteiger partial charge on any atom is 0.233 e. The first-order chi connectivity index (χ1) is 8.56. The summed E-state index contributed by atoms with van der Waals surface area (Å²) in [5.74, 6) is -0.406. The Kier molecular flexibility index (Phi) is 3.96. The summed E-state index contributed by atoms with van der Waals surface area (Å²) in [4.78, 5) is 11.7. The number of amides is 1. The molecule has 0 aromatic heterocycles. The fraction of sp³-hybridized carbons (Fsp3) is 0.417. The van der Waals surface area contributed by atoms with Gasteiger partial charge in [-0.05, 0) is 37.0 Å². The molecule has 0 spiro atoms. The number of anilines is 1. The van der Waals surface area contributed by atoms with E-state index in [1.165, 1.54) is 12.1 Å². The summed E-state index contributed by atoms with van der Waals surface area (Å²) in [7, 11) is -1.61. The molecule has 1 unspecified atom stereocenters. The van der Waals surface area contributed by atoms with Crippen molar-refractivity contribution in [3.8, 4) is 0 Å². The minimum absolute atomic E-state index is 0.177. The van der Waals surface area contributed by atoms with Crippen molar-refractivity contribution in [1.29, 1.82) is 0 Å². The number of benzene rings is 1. The summed E-state index contributed by atoms with van der Waals surface area (Å²) < 4.78 is 24.9. The Labute approximate surface area is 107 Å². The van der Waals surface area contributed by atoms with Crippen LogP contribution in [0.4, 0.5) is 10.1 Å². The Morgan fingerprint density at radius 2 is 2.22 bits per heavy atom. The van der Waals surface area contributed by atoms with E-state index in [0.29, 0.717) is 12.5 Å². The standard InChI is InChI=1S/C12H15FN2O2S/c13-9-3-4-10(14)11(5-9)18(17)7-12(16)15-6-8-1-2-8/h3-5,8H,1-2,6-7,14H2,(H,15,16). The molecule has 18 heavy (non-hydrogen) atoms. The molecule has 0 bridgehead atoms. The molecule has 1 amide bonds. The van der Waals surface area contributed by atoms with Gasteiger partial charge in [-0.2, -0.15) is 0 Å². The van der Waals surface area contributed by atoms with Crippen LogP contribution in [0.2, 0.25) is 0 Å². The van der Waals surface area contributed by atoms with Crippen molar-refractivity contribution < 1.29 is 13.4 Å². The second kappa shape index (κ2) is 5.48. The first-order valence-corrected chi connectivity index (χ1v) is 7.08. The minimum Gasteiger partial charge on any atom is -0.398 e. The molecule has 3 N–H and O–H groups in total. The number of hydrogen-bond donors (Lipinski definition) is 2. The largest absolute Gasteiger partial charge is 0.398 e. The SMILES string of the molecule is Nc1ccc(F)cc1S(=O)CC(=O)NCC1CC1. The van der Waals surface area contributed by atoms with Crippen LogP contribution in [0.1, 0.15) is 12.8 Å². The first-order valence-electron chi connectivity index (χ1n) is 5.76. The highest BCUT2D eigenvalue weighted by atomic mass is 32.2. The molecule has 4 nitrogen and oxygen atoms in total. The van der Waals surface area contributed by atoms with Gasteiger partial charge < -0.3 is 11.1 Å². The lowest BCUT2D eigenvalue weighted by molar-refractivity contribution is -0.118. The van der Waals surface area contributed by atoms with E-state index in [1.807, 2.05) is 0 Å². The predicted molar refractivity (Wildman–Crippen MR) is 67.8 cm³/mol. The molecule has 98 valence electrons. The topological polar surface area (TPSA) is 72.2 Å². The Morgan fingerprint density at radius 3 is 2.89 bits per heavy atom. The monoisotopic (exact) mass is 270 g/mol. The van der Waals surface area contributed by atoms with Crippen LogP contribution in [-0.2, 0) is 15.6 Å². The van der Waals surface area contributed by atoms with Crippen molar-refractivity contribution in [2.24, 2.45) is 5.92 Å². The van der Waals surface area contributed by atoms with Crippen LogP contribution in [0.15, 0.2) is 23.1 Å². The first kappa shape index (κ1) is 13.0. The summed E-state index contributed by atoms with van der Waals surface area (Å²) in [5, 5.41) is 2.71. The molecule has 1 atom stereocenters. The van der Waals surface area contributed by atoms with E-state index >= 15 is 0 Å². The molecule has 0 radical (unpaired) electrons. The van der Waals surface area contributed by atoms with E-state index in [0.717, 1.165) is 18.9 Å². The number of nitrogens with two attached hydrogens (primary N) is 1. The molecule has 1 saturated carbocycles. The van der Waals surface area contributed by atoms with Crippen LogP contribution < -0.4 is 11.1 Å². The number of halogens is 1. The van der Waals surface area contributed by atoms with E-state index in [-0.39, 0.29) is 22.2 Å². The van der Waals surface area contributed by atoms with Gasteiger partial charge in [0.05, 0.1) is 15.7 Å². The summed E-state index contributed by atoms with van der Waals surface area (Å²) >= 11 is 0. The van der Waals surface area contributed by atoms with Crippen molar-refractivity contribution >= 4 is 22.4 Å². The molecule has 1 aromatic rings. The van der Waals surface area contributed by atoms with Crippen LogP contribution in [0, 0.1) is 11.7 Å². The number of rotatable bonds is 5. The molecule has 2 rings (SSSR count). The zero-order valence-electron chi connectivity index (χ0n) is 9.82. The van der Waals surface area contributed by atoms with Gasteiger partial charge in [-0.1, -0.05) is 0 Å². The van der Waals surface area contributed by atoms with E-state index in [1.54, 1.807) is 0 Å². The van der Waals surface area contributed by atoms with Gasteiger partial charge in [0.15, 0.2) is 0 Å². The van der Waals surface area contributed by atoms with Crippen molar-refractivity contribution in [2.75, 3.05) is 18.0 Å². The van der Waals surface area contributed by atoms with Crippen LogP contribution in [0.25, 0.3) is 0 Å². The second-order valence-corrected chi connectivity index (χ2v) is 5.84. The molecule has 0 aliphatic heterocycles. The van der Waals surface area contributed by atoms with Crippen LogP contribution in [-0.4, -0.2) is 22.4 Å². The fourth-order valence-electron chi connectivity index (χ4n) is 1.53. The molecule has 1 aliphatic carbocycles. The highest BCUT2D eigenvalue weighted by molar-refractivity contribution is 7.86. The van der Waals surface area contributed by atoms with Crippen molar-refractivity contribution in [3.05, 3.63) is 24.0 Å². The van der Waals surface area contributed by atoms with Crippen LogP contribution >= 0.6 is 0 Å². The van der Waals surface area contributed by atoms with Gasteiger partial charge in [0.1, 0.15) is 11.6 Å². The Morgan fingerprint density at radius 1 is 1.50 bits per heavy atom. The number of carbonyl (C=O) groups excluding carboxylic acids is 1. The molecule has 0 saturated heterocycles. The lowest BCUT2D eigenvalue weighted by Gasteiger charge is -2.06. The van der Waals surface area contributed by atoms with E-state index in [2.05, 4.69) is 5.32 Å². The van der Waals surface area contributed by atoms with Gasteiger partial charge in [0.25, 0.3) is 0 Å². The van der Waals surface area contributed by atoms with Crippen molar-refractivity contribution in [3.63, 3.8) is 0 Å². The average Bonchev–Trinajstić information content (AvgIpc) is 3.13. The van der Waals surface area contributed by atoms with E-state index in [9.17, 15) is 13.4 Å². The molecule has 1 aromatic carbocycles. The molecule has 1 fully saturated rings. The third-order valence-electron chi connectivity index (χ3n) is 2.77. The molecule has 6 heteroatoms. The quantitative estimate of drug-likeness (QED) is 0.785. The highest BCUT2D eigenvalue weighted by Gasteiger charge is 2.22. The van der Waals surface area contributed by atoms with Gasteiger partial charge in [-0.3, -0.25) is 9.00 Å². The van der Waals surface area contributed by atoms with Crippen molar-refractivity contribution in [2.45, 2.75) is 17.7 Å². The third-order valence-corrected chi connectivity index (χ3v) is 4.14. The smallest absolute Gasteiger partial charge is 0.233 e. The number of nitrogen functional groups attached to an aromatic ring is 1. The zero-order chi connectivity index (χ0) is 13.1. The molecular weight excluding hydrogens is 255 g/mol. The summed E-state index contributed by atoms with van der Waals surface area (Å²) in [6, 6.07) is 3.66.